The number of hydrogen-bond donors (Lipinski definition) is 4. The van der Waals surface area contributed by atoms with Crippen molar-refractivity contribution in [1.82, 2.24) is 30.6 Å². The number of carbonyl (C=O) groups excluding carboxylic acids is 2. The minimum Gasteiger partial charge on any atom is -0.444 e. The number of nitrogens with zero attached hydrogens (tertiary/aromatic N) is 2. The van der Waals surface area contributed by atoms with E-state index in [9.17, 15) is 9.59 Å². The maximum Gasteiger partial charge on any atom is 0.408 e. The summed E-state index contributed by atoms with van der Waals surface area (Å²) in [5.74, 6) is 14.0. The Kier molecular flexibility index (Phi) is 10.8. The smallest absolute Gasteiger partial charge is 0.408 e. The van der Waals surface area contributed by atoms with E-state index in [0.29, 0.717) is 23.0 Å². The Labute approximate surface area is 295 Å². The highest BCUT2D eigenvalue weighted by Crippen LogP contribution is 2.32. The number of amides is 2. The molecule has 0 saturated carbocycles. The number of fused-ring (bicyclic) bond motifs is 1. The van der Waals surface area contributed by atoms with E-state index >= 15 is 0 Å². The van der Waals surface area contributed by atoms with Gasteiger partial charge < -0.3 is 30.1 Å². The van der Waals surface area contributed by atoms with Crippen LogP contribution in [0.15, 0.2) is 48.8 Å². The lowest BCUT2D eigenvalue weighted by molar-refractivity contribution is 0.0448. The lowest BCUT2D eigenvalue weighted by Crippen LogP contribution is -2.40. The first-order chi connectivity index (χ1) is 23.1. The SMILES string of the molecule is CC(C)(C)OC(=O)NC(c1ncc(C#Cc2ccc3cc(C#Cc4cnc(C(NC(=O)OC(C)(C)C)C(C)(C)C)[nH]4)ccc3c2)[nH]1)C(C)(C)C. The van der Waals surface area contributed by atoms with E-state index in [-0.39, 0.29) is 10.8 Å². The molecule has 10 nitrogen and oxygen atoms in total. The number of nitrogens with one attached hydrogen (secondary N) is 4. The van der Waals surface area contributed by atoms with E-state index in [1.807, 2.05) is 119 Å². The van der Waals surface area contributed by atoms with E-state index in [4.69, 9.17) is 9.47 Å². The Balaban J connectivity index is 1.47. The zero-order valence-corrected chi connectivity index (χ0v) is 31.3. The van der Waals surface area contributed by atoms with Gasteiger partial charge in [-0.05, 0) is 99.3 Å². The number of benzene rings is 2. The molecule has 0 fully saturated rings. The van der Waals surface area contributed by atoms with Crippen LogP contribution in [0.4, 0.5) is 9.59 Å². The quantitative estimate of drug-likeness (QED) is 0.161. The summed E-state index contributed by atoms with van der Waals surface area (Å²) >= 11 is 0. The van der Waals surface area contributed by atoms with Crippen LogP contribution in [0.3, 0.4) is 0 Å². The van der Waals surface area contributed by atoms with Crippen LogP contribution >= 0.6 is 0 Å². The molecule has 0 aliphatic carbocycles. The third-order valence-corrected chi connectivity index (χ3v) is 7.32. The fraction of sp³-hybridized carbons (Fsp3) is 0.450. The molecule has 2 atom stereocenters. The van der Waals surface area contributed by atoms with Gasteiger partial charge in [0.15, 0.2) is 0 Å². The highest BCUT2D eigenvalue weighted by atomic mass is 16.6. The lowest BCUT2D eigenvalue weighted by atomic mass is 9.86. The molecule has 0 aliphatic rings. The summed E-state index contributed by atoms with van der Waals surface area (Å²) in [5, 5.41) is 7.96. The van der Waals surface area contributed by atoms with Crippen LogP contribution in [-0.2, 0) is 9.47 Å². The maximum atomic E-state index is 12.5. The average molecular weight is 679 g/mol. The molecule has 2 aromatic carbocycles. The van der Waals surface area contributed by atoms with Crippen molar-refractivity contribution in [2.75, 3.05) is 0 Å². The molecule has 264 valence electrons. The first-order valence-electron chi connectivity index (χ1n) is 16.7. The molecule has 0 saturated heterocycles. The molecule has 2 amide bonds. The molecular formula is C40H50N6O4. The highest BCUT2D eigenvalue weighted by Gasteiger charge is 2.33. The van der Waals surface area contributed by atoms with Crippen molar-refractivity contribution >= 4 is 23.0 Å². The van der Waals surface area contributed by atoms with Gasteiger partial charge in [0.05, 0.1) is 24.5 Å². The van der Waals surface area contributed by atoms with Crippen LogP contribution in [-0.4, -0.2) is 43.3 Å². The number of carbonyl (C=O) groups is 2. The molecule has 50 heavy (non-hydrogen) atoms. The van der Waals surface area contributed by atoms with Gasteiger partial charge in [-0.15, -0.1) is 0 Å². The van der Waals surface area contributed by atoms with Gasteiger partial charge >= 0.3 is 12.2 Å². The van der Waals surface area contributed by atoms with E-state index in [2.05, 4.69) is 54.3 Å². The zero-order valence-electron chi connectivity index (χ0n) is 31.3. The Bertz CT molecular complexity index is 1830. The second kappa shape index (κ2) is 14.3. The van der Waals surface area contributed by atoms with Crippen LogP contribution in [0.1, 0.15) is 129 Å². The number of alkyl carbamates (subject to hydrolysis) is 2. The van der Waals surface area contributed by atoms with Crippen LogP contribution in [0, 0.1) is 34.5 Å². The molecule has 0 spiro atoms. The molecule has 0 bridgehead atoms. The van der Waals surface area contributed by atoms with Crippen LogP contribution in [0.5, 0.6) is 0 Å². The largest absolute Gasteiger partial charge is 0.444 e. The number of imidazole rings is 2. The Morgan fingerprint density at radius 3 is 1.28 bits per heavy atom. The van der Waals surface area contributed by atoms with Gasteiger partial charge in [-0.1, -0.05) is 65.5 Å². The minimum absolute atomic E-state index is 0.321. The Morgan fingerprint density at radius 1 is 0.600 bits per heavy atom. The highest BCUT2D eigenvalue weighted by molar-refractivity contribution is 5.85. The Hall–Kier alpha value is -5.22. The van der Waals surface area contributed by atoms with Crippen molar-refractivity contribution in [1.29, 1.82) is 0 Å². The first-order valence-corrected chi connectivity index (χ1v) is 16.7. The number of aromatic amines is 2. The third-order valence-electron chi connectivity index (χ3n) is 7.32. The second-order valence-electron chi connectivity index (χ2n) is 16.5. The van der Waals surface area contributed by atoms with Gasteiger partial charge in [0.25, 0.3) is 0 Å². The predicted octanol–water partition coefficient (Wildman–Crippen LogP) is 8.31. The van der Waals surface area contributed by atoms with Crippen molar-refractivity contribution in [3.05, 3.63) is 83.0 Å². The molecule has 4 rings (SSSR count). The number of rotatable bonds is 4. The summed E-state index contributed by atoms with van der Waals surface area (Å²) in [6, 6.07) is 11.2. The molecule has 2 unspecified atom stereocenters. The summed E-state index contributed by atoms with van der Waals surface area (Å²) < 4.78 is 10.9. The fourth-order valence-electron chi connectivity index (χ4n) is 5.01. The van der Waals surface area contributed by atoms with Crippen molar-refractivity contribution < 1.29 is 19.1 Å². The summed E-state index contributed by atoms with van der Waals surface area (Å²) in [6.07, 6.45) is 2.35. The molecule has 4 N–H and O–H groups in total. The van der Waals surface area contributed by atoms with Crippen LogP contribution in [0.2, 0.25) is 0 Å². The normalized spacial score (nSPS) is 13.3. The molecule has 0 radical (unpaired) electrons. The second-order valence-corrected chi connectivity index (χ2v) is 16.5. The van der Waals surface area contributed by atoms with E-state index in [0.717, 1.165) is 21.9 Å². The third kappa shape index (κ3) is 10.9. The first kappa shape index (κ1) is 37.6. The molecule has 4 aromatic rings. The number of aromatic nitrogens is 4. The van der Waals surface area contributed by atoms with Gasteiger partial charge in [0, 0.05) is 11.1 Å². The maximum absolute atomic E-state index is 12.5. The van der Waals surface area contributed by atoms with Crippen molar-refractivity contribution in [3.8, 4) is 23.7 Å². The summed E-state index contributed by atoms with van der Waals surface area (Å²) in [6.45, 7) is 23.1. The fourth-order valence-corrected chi connectivity index (χ4v) is 5.01. The zero-order chi connectivity index (χ0) is 37.1. The van der Waals surface area contributed by atoms with E-state index < -0.39 is 35.5 Å². The van der Waals surface area contributed by atoms with Gasteiger partial charge in [0.2, 0.25) is 0 Å². The predicted molar refractivity (Wildman–Crippen MR) is 196 cm³/mol. The Morgan fingerprint density at radius 2 is 0.960 bits per heavy atom. The standard InChI is InChI=1S/C40H50N6O4/c1-37(2,3)31(45-35(47)49-39(7,8)9)33-41-23-29(43-33)19-15-25-13-17-28-22-26(14-18-27(28)21-25)16-20-30-24-42-34(44-30)32(38(4,5)6)46-36(48)50-40(10,11)12/h13-14,17-18,21-24,31-32H,1-12H3,(H,41,43)(H,42,44)(H,45,47)(H,46,48). The lowest BCUT2D eigenvalue weighted by Gasteiger charge is -2.31. The van der Waals surface area contributed by atoms with Crippen molar-refractivity contribution in [3.63, 3.8) is 0 Å². The summed E-state index contributed by atoms with van der Waals surface area (Å²) in [5.41, 5.74) is 1.14. The van der Waals surface area contributed by atoms with Gasteiger partial charge in [-0.3, -0.25) is 0 Å². The van der Waals surface area contributed by atoms with Gasteiger partial charge in [-0.2, -0.15) is 0 Å². The van der Waals surface area contributed by atoms with Crippen molar-refractivity contribution in [2.45, 2.75) is 106 Å². The van der Waals surface area contributed by atoms with Crippen molar-refractivity contribution in [2.24, 2.45) is 10.8 Å². The molecule has 10 heteroatoms. The summed E-state index contributed by atoms with van der Waals surface area (Å²) in [4.78, 5) is 40.6. The molecule has 2 aromatic heterocycles. The molecule has 2 heterocycles. The number of ether oxygens (including phenoxy) is 2. The monoisotopic (exact) mass is 678 g/mol. The summed E-state index contributed by atoms with van der Waals surface area (Å²) in [7, 11) is 0. The van der Waals surface area contributed by atoms with E-state index in [1.165, 1.54) is 0 Å². The minimum atomic E-state index is -0.604. The van der Waals surface area contributed by atoms with Gasteiger partial charge in [-0.25, -0.2) is 19.6 Å². The van der Waals surface area contributed by atoms with Gasteiger partial charge in [0.1, 0.15) is 34.2 Å². The molecular weight excluding hydrogens is 628 g/mol. The van der Waals surface area contributed by atoms with Crippen LogP contribution in [0.25, 0.3) is 10.8 Å². The molecule has 0 aliphatic heterocycles. The number of hydrogen-bond acceptors (Lipinski definition) is 6. The van der Waals surface area contributed by atoms with E-state index in [1.54, 1.807) is 12.4 Å². The topological polar surface area (TPSA) is 134 Å². The average Bonchev–Trinajstić information content (AvgIpc) is 3.63. The number of H-pyrrole nitrogens is 2. The van der Waals surface area contributed by atoms with Crippen LogP contribution < -0.4 is 10.6 Å².